The normalized spacial score (nSPS) is 12.3. The van der Waals surface area contributed by atoms with Crippen molar-refractivity contribution in [3.05, 3.63) is 28.2 Å². The molecule has 16 heavy (non-hydrogen) atoms. The number of likely N-dealkylation sites (N-methyl/N-ethyl adjacent to an activating group) is 1. The number of amides is 1. The first-order valence-corrected chi connectivity index (χ1v) is 5.37. The van der Waals surface area contributed by atoms with E-state index in [2.05, 4.69) is 26.6 Å². The van der Waals surface area contributed by atoms with Crippen molar-refractivity contribution < 1.29 is 13.6 Å². The van der Waals surface area contributed by atoms with Crippen LogP contribution in [0.2, 0.25) is 0 Å². The zero-order chi connectivity index (χ0) is 12.3. The highest BCUT2D eigenvalue weighted by Crippen LogP contribution is 2.23. The predicted octanol–water partition coefficient (Wildman–Crippen LogP) is 2.27. The summed E-state index contributed by atoms with van der Waals surface area (Å²) in [4.78, 5) is 11.4. The number of hydrogen-bond donors (Lipinski definition) is 2. The van der Waals surface area contributed by atoms with Crippen molar-refractivity contribution in [2.75, 3.05) is 12.4 Å². The Morgan fingerprint density at radius 1 is 1.38 bits per heavy atom. The summed E-state index contributed by atoms with van der Waals surface area (Å²) in [6, 6.07) is 1.42. The van der Waals surface area contributed by atoms with Crippen LogP contribution in [0.4, 0.5) is 14.5 Å². The first-order valence-electron chi connectivity index (χ1n) is 4.58. The number of halogens is 3. The lowest BCUT2D eigenvalue weighted by molar-refractivity contribution is -0.117. The minimum Gasteiger partial charge on any atom is -0.322 e. The Morgan fingerprint density at radius 2 is 2.00 bits per heavy atom. The third-order valence-corrected chi connectivity index (χ3v) is 2.70. The molecule has 0 aliphatic rings. The molecule has 0 heterocycles. The molecule has 2 N–H and O–H groups in total. The van der Waals surface area contributed by atoms with Gasteiger partial charge in [-0.15, -0.1) is 0 Å². The quantitative estimate of drug-likeness (QED) is 0.839. The standard InChI is InChI=1S/C10H11BrF2N2O/c1-5(14-2)10(16)15-9-4-7(12)6(11)3-8(9)13/h3-5,14H,1-2H3,(H,15,16). The van der Waals surface area contributed by atoms with Crippen molar-refractivity contribution >= 4 is 27.5 Å². The number of carbonyl (C=O) groups is 1. The van der Waals surface area contributed by atoms with Crippen molar-refractivity contribution in [2.24, 2.45) is 0 Å². The van der Waals surface area contributed by atoms with Gasteiger partial charge >= 0.3 is 0 Å². The van der Waals surface area contributed by atoms with Crippen LogP contribution in [-0.4, -0.2) is 19.0 Å². The molecule has 0 aliphatic carbocycles. The maximum Gasteiger partial charge on any atom is 0.241 e. The Hall–Kier alpha value is -1.01. The molecule has 1 rings (SSSR count). The Bertz CT molecular complexity index is 412. The summed E-state index contributed by atoms with van der Waals surface area (Å²) in [6.07, 6.45) is 0. The summed E-state index contributed by atoms with van der Waals surface area (Å²) in [5.41, 5.74) is -0.173. The summed E-state index contributed by atoms with van der Waals surface area (Å²) in [6.45, 7) is 1.61. The number of anilines is 1. The number of benzene rings is 1. The summed E-state index contributed by atoms with van der Waals surface area (Å²) >= 11 is 2.85. The van der Waals surface area contributed by atoms with Gasteiger partial charge in [-0.2, -0.15) is 0 Å². The van der Waals surface area contributed by atoms with E-state index in [1.54, 1.807) is 14.0 Å². The number of carbonyl (C=O) groups excluding carboxylic acids is 1. The predicted molar refractivity (Wildman–Crippen MR) is 61.2 cm³/mol. The first kappa shape index (κ1) is 13.1. The van der Waals surface area contributed by atoms with Gasteiger partial charge in [-0.05, 0) is 36.0 Å². The molecule has 3 nitrogen and oxygen atoms in total. The van der Waals surface area contributed by atoms with Crippen LogP contribution in [0.25, 0.3) is 0 Å². The maximum atomic E-state index is 13.3. The van der Waals surface area contributed by atoms with Crippen molar-refractivity contribution in [3.8, 4) is 0 Å². The molecule has 1 unspecified atom stereocenters. The van der Waals surface area contributed by atoms with Crippen molar-refractivity contribution in [1.29, 1.82) is 0 Å². The SMILES string of the molecule is CNC(C)C(=O)Nc1cc(F)c(Br)cc1F. The van der Waals surface area contributed by atoms with Gasteiger partial charge < -0.3 is 10.6 Å². The number of hydrogen-bond acceptors (Lipinski definition) is 2. The molecule has 1 aromatic rings. The zero-order valence-corrected chi connectivity index (χ0v) is 10.4. The molecule has 88 valence electrons. The highest BCUT2D eigenvalue weighted by Gasteiger charge is 2.14. The van der Waals surface area contributed by atoms with Gasteiger partial charge in [0, 0.05) is 6.07 Å². The van der Waals surface area contributed by atoms with E-state index >= 15 is 0 Å². The van der Waals surface area contributed by atoms with Crippen LogP contribution in [0.1, 0.15) is 6.92 Å². The van der Waals surface area contributed by atoms with Gasteiger partial charge in [0.15, 0.2) is 0 Å². The maximum absolute atomic E-state index is 13.3. The molecule has 1 amide bonds. The van der Waals surface area contributed by atoms with Crippen LogP contribution in [0.3, 0.4) is 0 Å². The molecule has 6 heteroatoms. The summed E-state index contributed by atoms with van der Waals surface area (Å²) in [5, 5.41) is 4.98. The number of rotatable bonds is 3. The molecule has 0 aromatic heterocycles. The fourth-order valence-electron chi connectivity index (χ4n) is 0.990. The van der Waals surface area contributed by atoms with Gasteiger partial charge in [0.25, 0.3) is 0 Å². The van der Waals surface area contributed by atoms with Crippen LogP contribution in [0, 0.1) is 11.6 Å². The lowest BCUT2D eigenvalue weighted by Crippen LogP contribution is -2.35. The molecule has 0 bridgehead atoms. The smallest absolute Gasteiger partial charge is 0.241 e. The van der Waals surface area contributed by atoms with Gasteiger partial charge in [0.2, 0.25) is 5.91 Å². The van der Waals surface area contributed by atoms with Gasteiger partial charge in [-0.3, -0.25) is 4.79 Å². The Kier molecular flexibility index (Phi) is 4.37. The second-order valence-corrected chi connectivity index (χ2v) is 4.10. The van der Waals surface area contributed by atoms with E-state index in [0.29, 0.717) is 0 Å². The summed E-state index contributed by atoms with van der Waals surface area (Å²) in [5.74, 6) is -1.75. The molecule has 0 saturated carbocycles. The van der Waals surface area contributed by atoms with Gasteiger partial charge in [-0.25, -0.2) is 8.78 Å². The molecule has 0 radical (unpaired) electrons. The minimum absolute atomic E-state index is 0.0182. The highest BCUT2D eigenvalue weighted by atomic mass is 79.9. The van der Waals surface area contributed by atoms with Gasteiger partial charge in [0.1, 0.15) is 11.6 Å². The largest absolute Gasteiger partial charge is 0.322 e. The fraction of sp³-hybridized carbons (Fsp3) is 0.300. The lowest BCUT2D eigenvalue weighted by Gasteiger charge is -2.12. The summed E-state index contributed by atoms with van der Waals surface area (Å²) in [7, 11) is 1.60. The van der Waals surface area contributed by atoms with Crippen LogP contribution in [0.5, 0.6) is 0 Å². The molecule has 0 saturated heterocycles. The van der Waals surface area contributed by atoms with Gasteiger partial charge in [-0.1, -0.05) is 0 Å². The second-order valence-electron chi connectivity index (χ2n) is 3.25. The Morgan fingerprint density at radius 3 is 2.56 bits per heavy atom. The molecular weight excluding hydrogens is 282 g/mol. The van der Waals surface area contributed by atoms with Crippen LogP contribution in [-0.2, 0) is 4.79 Å². The van der Waals surface area contributed by atoms with E-state index in [4.69, 9.17) is 0 Å². The lowest BCUT2D eigenvalue weighted by atomic mass is 10.2. The van der Waals surface area contributed by atoms with E-state index in [1.807, 2.05) is 0 Å². The topological polar surface area (TPSA) is 41.1 Å². The molecule has 1 aromatic carbocycles. The van der Waals surface area contributed by atoms with Crippen LogP contribution in [0.15, 0.2) is 16.6 Å². The molecular formula is C10H11BrF2N2O. The van der Waals surface area contributed by atoms with Crippen molar-refractivity contribution in [1.82, 2.24) is 5.32 Å². The van der Waals surface area contributed by atoms with E-state index in [9.17, 15) is 13.6 Å². The first-order chi connectivity index (χ1) is 7.45. The van der Waals surface area contributed by atoms with E-state index in [1.165, 1.54) is 0 Å². The Balaban J connectivity index is 2.90. The monoisotopic (exact) mass is 292 g/mol. The zero-order valence-electron chi connectivity index (χ0n) is 8.77. The Labute approximate surface area is 100 Å². The molecule has 0 aliphatic heterocycles. The van der Waals surface area contributed by atoms with Crippen LogP contribution < -0.4 is 10.6 Å². The number of nitrogens with one attached hydrogen (secondary N) is 2. The third kappa shape index (κ3) is 2.99. The van der Waals surface area contributed by atoms with Crippen molar-refractivity contribution in [2.45, 2.75) is 13.0 Å². The molecule has 1 atom stereocenters. The highest BCUT2D eigenvalue weighted by molar-refractivity contribution is 9.10. The average Bonchev–Trinajstić information content (AvgIpc) is 2.24. The second kappa shape index (κ2) is 5.36. The molecule has 0 fully saturated rings. The molecule has 0 spiro atoms. The summed E-state index contributed by atoms with van der Waals surface area (Å²) < 4.78 is 26.5. The van der Waals surface area contributed by atoms with Gasteiger partial charge in [0.05, 0.1) is 16.2 Å². The van der Waals surface area contributed by atoms with Crippen LogP contribution >= 0.6 is 15.9 Å². The van der Waals surface area contributed by atoms with E-state index in [0.717, 1.165) is 12.1 Å². The minimum atomic E-state index is -0.690. The van der Waals surface area contributed by atoms with Crippen molar-refractivity contribution in [3.63, 3.8) is 0 Å². The fourth-order valence-corrected chi connectivity index (χ4v) is 1.31. The van der Waals surface area contributed by atoms with E-state index < -0.39 is 23.6 Å². The third-order valence-electron chi connectivity index (χ3n) is 2.09. The average molecular weight is 293 g/mol. The van der Waals surface area contributed by atoms with E-state index in [-0.39, 0.29) is 10.2 Å².